The lowest BCUT2D eigenvalue weighted by molar-refractivity contribution is 0.272. The maximum absolute atomic E-state index is 12.9. The standard InChI is InChI=1S/C8H8ClFN2O.C4HCl2FN2/c9-8-11-3-6(10)7(12-8)13-4-5-1-2-5;5-3-2(7)1-8-4(6)9-3/h3,5H,1-2,4H2;1H. The monoisotopic (exact) mass is 368 g/mol. The highest BCUT2D eigenvalue weighted by Gasteiger charge is 2.22. The van der Waals surface area contributed by atoms with Crippen LogP contribution in [0.5, 0.6) is 5.88 Å². The van der Waals surface area contributed by atoms with Crippen LogP contribution in [0.4, 0.5) is 8.78 Å². The van der Waals surface area contributed by atoms with Gasteiger partial charge in [-0.3, -0.25) is 0 Å². The molecule has 0 spiro atoms. The van der Waals surface area contributed by atoms with Gasteiger partial charge in [-0.2, -0.15) is 9.37 Å². The molecule has 10 heteroatoms. The van der Waals surface area contributed by atoms with Crippen molar-refractivity contribution in [2.24, 2.45) is 5.92 Å². The molecule has 0 bridgehead atoms. The summed E-state index contributed by atoms with van der Waals surface area (Å²) in [6.07, 6.45) is 4.23. The Kier molecular flexibility index (Phi) is 6.05. The van der Waals surface area contributed by atoms with E-state index in [2.05, 4.69) is 19.9 Å². The molecular weight excluding hydrogens is 361 g/mol. The maximum atomic E-state index is 12.9. The molecule has 118 valence electrons. The van der Waals surface area contributed by atoms with Crippen LogP contribution in [-0.2, 0) is 0 Å². The van der Waals surface area contributed by atoms with Crippen LogP contribution < -0.4 is 4.74 Å². The largest absolute Gasteiger partial charge is 0.475 e. The Balaban J connectivity index is 0.000000172. The van der Waals surface area contributed by atoms with Gasteiger partial charge < -0.3 is 4.74 Å². The summed E-state index contributed by atoms with van der Waals surface area (Å²) in [5.74, 6) is -0.717. The van der Waals surface area contributed by atoms with E-state index in [1.807, 2.05) is 0 Å². The quantitative estimate of drug-likeness (QED) is 0.605. The molecule has 1 aliphatic carbocycles. The van der Waals surface area contributed by atoms with Crippen molar-refractivity contribution in [2.45, 2.75) is 12.8 Å². The molecule has 0 atom stereocenters. The van der Waals surface area contributed by atoms with Crippen molar-refractivity contribution in [3.05, 3.63) is 39.7 Å². The highest BCUT2D eigenvalue weighted by atomic mass is 35.5. The normalized spacial score (nSPS) is 13.3. The Labute approximate surface area is 139 Å². The third-order valence-corrected chi connectivity index (χ3v) is 3.14. The molecule has 0 aromatic carbocycles. The van der Waals surface area contributed by atoms with Crippen LogP contribution in [0.25, 0.3) is 0 Å². The van der Waals surface area contributed by atoms with E-state index in [-0.39, 0.29) is 21.6 Å². The molecule has 2 aromatic rings. The van der Waals surface area contributed by atoms with E-state index in [9.17, 15) is 8.78 Å². The van der Waals surface area contributed by atoms with Crippen molar-refractivity contribution >= 4 is 34.8 Å². The average Bonchev–Trinajstić information content (AvgIpc) is 3.29. The molecule has 1 saturated carbocycles. The molecule has 0 saturated heterocycles. The van der Waals surface area contributed by atoms with Gasteiger partial charge in [-0.25, -0.2) is 19.3 Å². The maximum Gasteiger partial charge on any atom is 0.254 e. The van der Waals surface area contributed by atoms with Crippen molar-refractivity contribution < 1.29 is 13.5 Å². The SMILES string of the molecule is Fc1cnc(Cl)nc1Cl.Fc1cnc(Cl)nc1OCC1CC1. The van der Waals surface area contributed by atoms with Crippen molar-refractivity contribution in [1.82, 2.24) is 19.9 Å². The van der Waals surface area contributed by atoms with Gasteiger partial charge in [0.2, 0.25) is 16.4 Å². The molecule has 22 heavy (non-hydrogen) atoms. The summed E-state index contributed by atoms with van der Waals surface area (Å²) in [5, 5.41) is -0.302. The van der Waals surface area contributed by atoms with E-state index in [1.54, 1.807) is 0 Å². The van der Waals surface area contributed by atoms with Gasteiger partial charge in [-0.1, -0.05) is 11.6 Å². The first-order valence-corrected chi connectivity index (χ1v) is 7.23. The Morgan fingerprint density at radius 2 is 1.59 bits per heavy atom. The molecule has 0 unspecified atom stereocenters. The van der Waals surface area contributed by atoms with Crippen molar-refractivity contribution in [3.63, 3.8) is 0 Å². The van der Waals surface area contributed by atoms with Gasteiger partial charge in [0.15, 0.2) is 11.0 Å². The minimum atomic E-state index is -0.666. The lowest BCUT2D eigenvalue weighted by Crippen LogP contribution is -2.03. The van der Waals surface area contributed by atoms with Gasteiger partial charge in [0.25, 0.3) is 5.88 Å². The fourth-order valence-electron chi connectivity index (χ4n) is 1.24. The lowest BCUT2D eigenvalue weighted by atomic mass is 10.5. The number of ether oxygens (including phenoxy) is 1. The lowest BCUT2D eigenvalue weighted by Gasteiger charge is -2.03. The summed E-state index contributed by atoms with van der Waals surface area (Å²) in [6.45, 7) is 0.518. The molecule has 0 amide bonds. The zero-order chi connectivity index (χ0) is 16.1. The van der Waals surface area contributed by atoms with Crippen molar-refractivity contribution in [2.75, 3.05) is 6.61 Å². The van der Waals surface area contributed by atoms with Gasteiger partial charge >= 0.3 is 0 Å². The highest BCUT2D eigenvalue weighted by molar-refractivity contribution is 6.31. The average molecular weight is 370 g/mol. The van der Waals surface area contributed by atoms with Gasteiger partial charge in [0.05, 0.1) is 19.0 Å². The van der Waals surface area contributed by atoms with Crippen LogP contribution in [0, 0.1) is 17.6 Å². The first-order valence-electron chi connectivity index (χ1n) is 6.10. The summed E-state index contributed by atoms with van der Waals surface area (Å²) in [6, 6.07) is 0. The smallest absolute Gasteiger partial charge is 0.254 e. The second kappa shape index (κ2) is 7.80. The number of nitrogens with zero attached hydrogens (tertiary/aromatic N) is 4. The summed E-state index contributed by atoms with van der Waals surface area (Å²) in [7, 11) is 0. The number of hydrogen-bond donors (Lipinski definition) is 0. The predicted molar refractivity (Wildman–Crippen MR) is 77.2 cm³/mol. The number of rotatable bonds is 3. The first-order chi connectivity index (χ1) is 10.5. The summed E-state index contributed by atoms with van der Waals surface area (Å²) >= 11 is 15.9. The molecule has 2 heterocycles. The minimum Gasteiger partial charge on any atom is -0.475 e. The Morgan fingerprint density at radius 3 is 2.14 bits per heavy atom. The summed E-state index contributed by atoms with van der Waals surface area (Å²) < 4.78 is 30.2. The van der Waals surface area contributed by atoms with Gasteiger partial charge in [-0.05, 0) is 42.0 Å². The van der Waals surface area contributed by atoms with E-state index in [0.29, 0.717) is 12.5 Å². The van der Waals surface area contributed by atoms with Crippen LogP contribution >= 0.6 is 34.8 Å². The van der Waals surface area contributed by atoms with E-state index in [0.717, 1.165) is 25.2 Å². The Bertz CT molecular complexity index is 658. The van der Waals surface area contributed by atoms with Crippen LogP contribution in [0.3, 0.4) is 0 Å². The molecule has 3 rings (SSSR count). The molecule has 0 N–H and O–H groups in total. The summed E-state index contributed by atoms with van der Waals surface area (Å²) in [5.41, 5.74) is 0. The molecular formula is C12H9Cl3F2N4O. The van der Waals surface area contributed by atoms with Crippen molar-refractivity contribution in [1.29, 1.82) is 0 Å². The zero-order valence-electron chi connectivity index (χ0n) is 10.9. The highest BCUT2D eigenvalue weighted by Crippen LogP contribution is 2.29. The third kappa shape index (κ3) is 5.47. The molecule has 5 nitrogen and oxygen atoms in total. The zero-order valence-corrected chi connectivity index (χ0v) is 13.2. The molecule has 0 aliphatic heterocycles. The predicted octanol–water partition coefficient (Wildman–Crippen LogP) is 3.98. The Hall–Kier alpha value is -1.31. The molecule has 1 aliphatic rings. The molecule has 0 radical (unpaired) electrons. The van der Waals surface area contributed by atoms with Crippen LogP contribution in [0.15, 0.2) is 12.4 Å². The Morgan fingerprint density at radius 1 is 1.00 bits per heavy atom. The fourth-order valence-corrected chi connectivity index (χ4v) is 1.67. The number of aromatic nitrogens is 4. The number of halogens is 5. The van der Waals surface area contributed by atoms with E-state index < -0.39 is 11.6 Å². The first kappa shape index (κ1) is 17.1. The van der Waals surface area contributed by atoms with Crippen LogP contribution in [0.1, 0.15) is 12.8 Å². The fraction of sp³-hybridized carbons (Fsp3) is 0.333. The van der Waals surface area contributed by atoms with Gasteiger partial charge in [0.1, 0.15) is 0 Å². The van der Waals surface area contributed by atoms with Gasteiger partial charge in [0, 0.05) is 0 Å². The van der Waals surface area contributed by atoms with Crippen molar-refractivity contribution in [3.8, 4) is 5.88 Å². The molecule has 1 fully saturated rings. The number of hydrogen-bond acceptors (Lipinski definition) is 5. The van der Waals surface area contributed by atoms with Crippen LogP contribution in [-0.4, -0.2) is 26.5 Å². The van der Waals surface area contributed by atoms with E-state index in [1.165, 1.54) is 0 Å². The second-order valence-corrected chi connectivity index (χ2v) is 5.36. The second-order valence-electron chi connectivity index (χ2n) is 4.32. The third-order valence-electron chi connectivity index (χ3n) is 2.51. The van der Waals surface area contributed by atoms with Crippen LogP contribution in [0.2, 0.25) is 15.7 Å². The minimum absolute atomic E-state index is 0.00666. The summed E-state index contributed by atoms with van der Waals surface area (Å²) in [4.78, 5) is 13.8. The van der Waals surface area contributed by atoms with E-state index >= 15 is 0 Å². The van der Waals surface area contributed by atoms with Gasteiger partial charge in [-0.15, -0.1) is 0 Å². The van der Waals surface area contributed by atoms with E-state index in [4.69, 9.17) is 39.5 Å². The topological polar surface area (TPSA) is 60.8 Å². The molecule has 2 aromatic heterocycles.